The summed E-state index contributed by atoms with van der Waals surface area (Å²) in [6.45, 7) is 6.02. The third kappa shape index (κ3) is 5.51. The van der Waals surface area contributed by atoms with Crippen molar-refractivity contribution in [2.75, 3.05) is 0 Å². The fraction of sp³-hybridized carbons (Fsp3) is 0.174. The number of carboxylic acid groups (broad SMARTS) is 1. The highest BCUT2D eigenvalue weighted by atomic mass is 16.7. The lowest BCUT2D eigenvalue weighted by atomic mass is 9.78. The molecule has 0 bridgehead atoms. The van der Waals surface area contributed by atoms with Gasteiger partial charge < -0.3 is 20.1 Å². The molecule has 0 aromatic heterocycles. The van der Waals surface area contributed by atoms with Crippen molar-refractivity contribution in [3.05, 3.63) is 89.5 Å². The summed E-state index contributed by atoms with van der Waals surface area (Å²) in [5.41, 5.74) is 2.92. The van der Waals surface area contributed by atoms with Crippen molar-refractivity contribution in [2.45, 2.75) is 26.2 Å². The normalized spacial score (nSPS) is 10.5. The van der Waals surface area contributed by atoms with Crippen molar-refractivity contribution in [3.8, 4) is 17.2 Å². The summed E-state index contributed by atoms with van der Waals surface area (Å²) in [5.74, 6) is 0.936. The number of aryl methyl sites for hydroxylation is 1. The van der Waals surface area contributed by atoms with Crippen LogP contribution in [0.25, 0.3) is 0 Å². The molecule has 0 fully saturated rings. The Morgan fingerprint density at radius 1 is 0.786 bits per heavy atom. The van der Waals surface area contributed by atoms with Gasteiger partial charge in [-0.15, -0.1) is 0 Å². The van der Waals surface area contributed by atoms with Crippen LogP contribution in [-0.4, -0.2) is 21.5 Å². The van der Waals surface area contributed by atoms with Gasteiger partial charge in [0.1, 0.15) is 17.2 Å². The molecule has 0 saturated carbocycles. The van der Waals surface area contributed by atoms with Gasteiger partial charge in [-0.05, 0) is 53.9 Å². The van der Waals surface area contributed by atoms with Gasteiger partial charge in [0.15, 0.2) is 0 Å². The van der Waals surface area contributed by atoms with Gasteiger partial charge >= 0.3 is 6.16 Å². The Morgan fingerprint density at radius 3 is 1.61 bits per heavy atom. The summed E-state index contributed by atoms with van der Waals surface area (Å²) in [6.07, 6.45) is -1.28. The molecule has 28 heavy (non-hydrogen) atoms. The molecule has 3 aromatic rings. The molecule has 3 rings (SSSR count). The number of phenolic OH excluding ortho intramolecular Hbond substituents is 2. The molecule has 0 amide bonds. The number of hydrogen-bond donors (Lipinski definition) is 3. The highest BCUT2D eigenvalue weighted by Crippen LogP contribution is 2.32. The van der Waals surface area contributed by atoms with E-state index in [1.807, 2.05) is 30.3 Å². The Labute approximate surface area is 164 Å². The molecule has 3 aromatic carbocycles. The molecule has 0 aliphatic carbocycles. The lowest BCUT2D eigenvalue weighted by Crippen LogP contribution is -2.18. The highest BCUT2D eigenvalue weighted by molar-refractivity contribution is 5.61. The maximum atomic E-state index is 10.1. The lowest BCUT2D eigenvalue weighted by molar-refractivity contribution is 0.144. The molecule has 146 valence electrons. The Balaban J connectivity index is 0.000000221. The van der Waals surface area contributed by atoms with Crippen LogP contribution in [0.4, 0.5) is 4.79 Å². The standard InChI is InChI=1S/C15H16O2.C8H8O3/c1-15(2,11-3-7-13(16)8-4-11)12-5-9-14(17)10-6-12;1-6-4-2-3-5-7(6)11-8(9)10/h3-10,16-17H,1-2H3;2-5H,1H3,(H,9,10). The van der Waals surface area contributed by atoms with Crippen LogP contribution >= 0.6 is 0 Å². The summed E-state index contributed by atoms with van der Waals surface area (Å²) in [6, 6.07) is 21.4. The van der Waals surface area contributed by atoms with Crippen LogP contribution in [0.3, 0.4) is 0 Å². The van der Waals surface area contributed by atoms with Crippen LogP contribution in [0, 0.1) is 6.92 Å². The molecule has 0 atom stereocenters. The molecular formula is C23H24O5. The van der Waals surface area contributed by atoms with Crippen molar-refractivity contribution in [1.82, 2.24) is 0 Å². The maximum absolute atomic E-state index is 10.1. The minimum Gasteiger partial charge on any atom is -0.508 e. The van der Waals surface area contributed by atoms with Gasteiger partial charge in [-0.1, -0.05) is 56.3 Å². The minimum atomic E-state index is -1.28. The van der Waals surface area contributed by atoms with Gasteiger partial charge in [0, 0.05) is 5.41 Å². The maximum Gasteiger partial charge on any atom is 0.511 e. The molecule has 0 radical (unpaired) electrons. The highest BCUT2D eigenvalue weighted by Gasteiger charge is 2.22. The predicted octanol–water partition coefficient (Wildman–Crippen LogP) is 5.48. The lowest BCUT2D eigenvalue weighted by Gasteiger charge is -2.26. The quantitative estimate of drug-likeness (QED) is 0.414. The van der Waals surface area contributed by atoms with E-state index in [9.17, 15) is 15.0 Å². The number of para-hydroxylation sites is 1. The van der Waals surface area contributed by atoms with E-state index in [1.165, 1.54) is 0 Å². The summed E-state index contributed by atoms with van der Waals surface area (Å²) in [7, 11) is 0. The fourth-order valence-corrected chi connectivity index (χ4v) is 2.69. The van der Waals surface area contributed by atoms with Crippen molar-refractivity contribution < 1.29 is 24.9 Å². The average molecular weight is 380 g/mol. The number of carbonyl (C=O) groups is 1. The molecule has 0 spiro atoms. The first-order valence-electron chi connectivity index (χ1n) is 8.75. The first-order chi connectivity index (χ1) is 13.2. The van der Waals surface area contributed by atoms with Crippen LogP contribution in [0.2, 0.25) is 0 Å². The van der Waals surface area contributed by atoms with Gasteiger partial charge in [-0.25, -0.2) is 4.79 Å². The topological polar surface area (TPSA) is 87.0 Å². The number of ether oxygens (including phenoxy) is 1. The van der Waals surface area contributed by atoms with E-state index in [1.54, 1.807) is 49.4 Å². The van der Waals surface area contributed by atoms with Crippen LogP contribution < -0.4 is 4.74 Å². The number of hydrogen-bond acceptors (Lipinski definition) is 4. The smallest absolute Gasteiger partial charge is 0.508 e. The van der Waals surface area contributed by atoms with E-state index >= 15 is 0 Å². The van der Waals surface area contributed by atoms with Gasteiger partial charge in [0.2, 0.25) is 0 Å². The van der Waals surface area contributed by atoms with E-state index in [4.69, 9.17) is 5.11 Å². The Hall–Kier alpha value is -3.47. The molecule has 5 heteroatoms. The Morgan fingerprint density at radius 2 is 1.21 bits per heavy atom. The van der Waals surface area contributed by atoms with E-state index in [-0.39, 0.29) is 16.9 Å². The monoisotopic (exact) mass is 380 g/mol. The molecular weight excluding hydrogens is 356 g/mol. The van der Waals surface area contributed by atoms with E-state index < -0.39 is 6.16 Å². The fourth-order valence-electron chi connectivity index (χ4n) is 2.69. The van der Waals surface area contributed by atoms with E-state index in [0.717, 1.165) is 16.7 Å². The average Bonchev–Trinajstić information content (AvgIpc) is 2.65. The van der Waals surface area contributed by atoms with Crippen molar-refractivity contribution >= 4 is 6.16 Å². The zero-order valence-electron chi connectivity index (χ0n) is 16.1. The van der Waals surface area contributed by atoms with Crippen molar-refractivity contribution in [1.29, 1.82) is 0 Å². The summed E-state index contributed by atoms with van der Waals surface area (Å²) in [4.78, 5) is 10.1. The van der Waals surface area contributed by atoms with Gasteiger partial charge in [-0.3, -0.25) is 0 Å². The van der Waals surface area contributed by atoms with Gasteiger partial charge in [0.25, 0.3) is 0 Å². The zero-order valence-corrected chi connectivity index (χ0v) is 16.1. The van der Waals surface area contributed by atoms with Crippen LogP contribution in [-0.2, 0) is 5.41 Å². The number of phenols is 2. The van der Waals surface area contributed by atoms with E-state index in [0.29, 0.717) is 5.75 Å². The van der Waals surface area contributed by atoms with Crippen LogP contribution in [0.15, 0.2) is 72.8 Å². The van der Waals surface area contributed by atoms with Crippen LogP contribution in [0.1, 0.15) is 30.5 Å². The minimum absolute atomic E-state index is 0.151. The van der Waals surface area contributed by atoms with Crippen molar-refractivity contribution in [3.63, 3.8) is 0 Å². The number of rotatable bonds is 3. The van der Waals surface area contributed by atoms with E-state index in [2.05, 4.69) is 18.6 Å². The third-order valence-electron chi connectivity index (χ3n) is 4.47. The molecule has 0 saturated heterocycles. The second-order valence-electron chi connectivity index (χ2n) is 6.85. The molecule has 3 N–H and O–H groups in total. The first kappa shape index (κ1) is 20.8. The number of benzene rings is 3. The zero-order chi connectivity index (χ0) is 20.7. The van der Waals surface area contributed by atoms with Gasteiger partial charge in [0.05, 0.1) is 0 Å². The SMILES string of the molecule is CC(C)(c1ccc(O)cc1)c1ccc(O)cc1.Cc1ccccc1OC(=O)O. The summed E-state index contributed by atoms with van der Waals surface area (Å²) in [5, 5.41) is 26.9. The first-order valence-corrected chi connectivity index (χ1v) is 8.75. The molecule has 5 nitrogen and oxygen atoms in total. The number of aromatic hydroxyl groups is 2. The molecule has 0 aliphatic heterocycles. The van der Waals surface area contributed by atoms with Gasteiger partial charge in [-0.2, -0.15) is 0 Å². The molecule has 0 heterocycles. The Kier molecular flexibility index (Phi) is 6.66. The van der Waals surface area contributed by atoms with Crippen LogP contribution in [0.5, 0.6) is 17.2 Å². The second kappa shape index (κ2) is 8.95. The molecule has 0 unspecified atom stereocenters. The second-order valence-corrected chi connectivity index (χ2v) is 6.85. The predicted molar refractivity (Wildman–Crippen MR) is 108 cm³/mol. The molecule has 0 aliphatic rings. The largest absolute Gasteiger partial charge is 0.511 e. The third-order valence-corrected chi connectivity index (χ3v) is 4.47. The Bertz CT molecular complexity index is 865. The van der Waals surface area contributed by atoms with Crippen molar-refractivity contribution in [2.24, 2.45) is 0 Å². The summed E-state index contributed by atoms with van der Waals surface area (Å²) < 4.78 is 4.46. The summed E-state index contributed by atoms with van der Waals surface area (Å²) >= 11 is 0.